The molecule has 2 aliphatic heterocycles. The van der Waals surface area contributed by atoms with E-state index in [4.69, 9.17) is 9.73 Å². The zero-order valence-corrected chi connectivity index (χ0v) is 19.9. The van der Waals surface area contributed by atoms with E-state index >= 15 is 0 Å². The Kier molecular flexibility index (Phi) is 6.00. The smallest absolute Gasteiger partial charge is 0.407 e. The number of carbonyl (C=O) groups is 1. The number of ether oxygens (including phenoxy) is 1. The predicted octanol–water partition coefficient (Wildman–Crippen LogP) is 5.37. The highest BCUT2D eigenvalue weighted by Crippen LogP contribution is 2.47. The topological polar surface area (TPSA) is 53.9 Å². The van der Waals surface area contributed by atoms with E-state index in [0.29, 0.717) is 0 Å². The van der Waals surface area contributed by atoms with E-state index in [-0.39, 0.29) is 40.5 Å². The van der Waals surface area contributed by atoms with E-state index < -0.39 is 0 Å². The molecule has 2 atom stereocenters. The van der Waals surface area contributed by atoms with Gasteiger partial charge in [-0.3, -0.25) is 4.99 Å². The monoisotopic (exact) mass is 391 g/mol. The van der Waals surface area contributed by atoms with Gasteiger partial charge in [-0.25, -0.2) is 4.79 Å². The van der Waals surface area contributed by atoms with Crippen molar-refractivity contribution < 1.29 is 9.53 Å². The zero-order valence-electron chi connectivity index (χ0n) is 19.9. The quantitative estimate of drug-likeness (QED) is 0.688. The van der Waals surface area contributed by atoms with E-state index in [1.165, 1.54) is 11.3 Å². The molecule has 1 N–H and O–H groups in total. The lowest BCUT2D eigenvalue weighted by atomic mass is 9.70. The van der Waals surface area contributed by atoms with Gasteiger partial charge in [0.2, 0.25) is 0 Å². The fourth-order valence-electron chi connectivity index (χ4n) is 4.20. The number of carbonyl (C=O) groups excluding carboxylic acids is 1. The van der Waals surface area contributed by atoms with Gasteiger partial charge in [-0.15, -0.1) is 0 Å². The van der Waals surface area contributed by atoms with E-state index in [1.807, 2.05) is 13.8 Å². The van der Waals surface area contributed by atoms with Crippen molar-refractivity contribution in [2.45, 2.75) is 101 Å². The van der Waals surface area contributed by atoms with Gasteiger partial charge in [-0.05, 0) is 30.3 Å². The lowest BCUT2D eigenvalue weighted by Crippen LogP contribution is -2.47. The summed E-state index contributed by atoms with van der Waals surface area (Å²) in [5.74, 6) is 1.12. The van der Waals surface area contributed by atoms with Crippen LogP contribution in [0.2, 0.25) is 0 Å². The lowest BCUT2D eigenvalue weighted by molar-refractivity contribution is 0.112. The fourth-order valence-corrected chi connectivity index (χ4v) is 4.20. The zero-order chi connectivity index (χ0) is 21.7. The molecule has 0 aromatic rings. The number of aliphatic imine (C=N–C) groups is 1. The summed E-state index contributed by atoms with van der Waals surface area (Å²) in [7, 11) is 0. The second-order valence-corrected chi connectivity index (χ2v) is 11.7. The second-order valence-electron chi connectivity index (χ2n) is 11.7. The van der Waals surface area contributed by atoms with Crippen molar-refractivity contribution in [1.29, 1.82) is 0 Å². The number of rotatable bonds is 2. The Morgan fingerprint density at radius 2 is 1.64 bits per heavy atom. The van der Waals surface area contributed by atoms with Crippen LogP contribution in [0.1, 0.15) is 82.6 Å². The van der Waals surface area contributed by atoms with Gasteiger partial charge in [0.15, 0.2) is 0 Å². The first-order chi connectivity index (χ1) is 12.5. The van der Waals surface area contributed by atoms with Crippen LogP contribution in [-0.4, -0.2) is 41.6 Å². The maximum atomic E-state index is 12.2. The summed E-state index contributed by atoms with van der Waals surface area (Å²) in [5.41, 5.74) is 2.70. The summed E-state index contributed by atoms with van der Waals surface area (Å²) < 4.78 is 5.31. The van der Waals surface area contributed by atoms with Crippen molar-refractivity contribution in [3.05, 3.63) is 11.3 Å². The number of nitrogens with one attached hydrogen (secondary N) is 1. The van der Waals surface area contributed by atoms with Gasteiger partial charge < -0.3 is 15.0 Å². The summed E-state index contributed by atoms with van der Waals surface area (Å²) in [6.07, 6.45) is 0.367. The van der Waals surface area contributed by atoms with Crippen LogP contribution in [-0.2, 0) is 4.74 Å². The minimum Gasteiger partial charge on any atom is -0.447 e. The van der Waals surface area contributed by atoms with Crippen LogP contribution in [0.5, 0.6) is 0 Å². The molecule has 0 aliphatic carbocycles. The molecule has 1 fully saturated rings. The number of fused-ring (bicyclic) bond motifs is 1. The molecule has 28 heavy (non-hydrogen) atoms. The molecular formula is C23H41N3O2. The van der Waals surface area contributed by atoms with Gasteiger partial charge in [0, 0.05) is 24.1 Å². The highest BCUT2D eigenvalue weighted by atomic mass is 16.6. The van der Waals surface area contributed by atoms with Crippen LogP contribution in [0.25, 0.3) is 0 Å². The molecule has 5 heteroatoms. The summed E-state index contributed by atoms with van der Waals surface area (Å²) in [5, 5.41) is 3.07. The molecule has 0 bridgehead atoms. The van der Waals surface area contributed by atoms with Crippen molar-refractivity contribution in [1.82, 2.24) is 10.2 Å². The maximum absolute atomic E-state index is 12.2. The lowest BCUT2D eigenvalue weighted by Gasteiger charge is -2.45. The van der Waals surface area contributed by atoms with Crippen LogP contribution in [0.15, 0.2) is 16.3 Å². The highest BCUT2D eigenvalue weighted by molar-refractivity contribution is 5.91. The Balaban J connectivity index is 2.49. The third-order valence-corrected chi connectivity index (χ3v) is 5.22. The molecule has 0 radical (unpaired) electrons. The molecule has 2 aliphatic rings. The molecule has 1 amide bonds. The molecular weight excluding hydrogens is 350 g/mol. The van der Waals surface area contributed by atoms with E-state index in [9.17, 15) is 4.79 Å². The first-order valence-electron chi connectivity index (χ1n) is 10.6. The summed E-state index contributed by atoms with van der Waals surface area (Å²) in [4.78, 5) is 19.9. The minimum absolute atomic E-state index is 0.00573. The van der Waals surface area contributed by atoms with Crippen molar-refractivity contribution in [3.8, 4) is 0 Å². The van der Waals surface area contributed by atoms with Gasteiger partial charge >= 0.3 is 6.09 Å². The fraction of sp³-hybridized carbons (Fsp3) is 0.826. The first-order valence-corrected chi connectivity index (χ1v) is 10.6. The first kappa shape index (κ1) is 22.8. The highest BCUT2D eigenvalue weighted by Gasteiger charge is 2.46. The molecule has 0 saturated carbocycles. The summed E-state index contributed by atoms with van der Waals surface area (Å²) >= 11 is 0. The minimum atomic E-state index is -0.334. The van der Waals surface area contributed by atoms with Crippen LogP contribution >= 0.6 is 0 Å². The summed E-state index contributed by atoms with van der Waals surface area (Å²) in [6.45, 7) is 24.8. The van der Waals surface area contributed by atoms with E-state index in [2.05, 4.69) is 72.5 Å². The van der Waals surface area contributed by atoms with Gasteiger partial charge in [0.05, 0.1) is 18.2 Å². The van der Waals surface area contributed by atoms with Gasteiger partial charge in [0.25, 0.3) is 0 Å². The number of hydrogen-bond acceptors (Lipinski definition) is 4. The van der Waals surface area contributed by atoms with Crippen molar-refractivity contribution in [2.24, 2.45) is 21.2 Å². The predicted molar refractivity (Wildman–Crippen MR) is 116 cm³/mol. The molecule has 0 aromatic heterocycles. The average molecular weight is 392 g/mol. The second kappa shape index (κ2) is 7.38. The standard InChI is InChI=1S/C23H41N3O2/c1-14(2)28-20(27)24-15-12-16-17(21(3,4)5)18(22(6,7)8)25-19(23(9,10)11)26(16)13-15/h14-15,18H,12-13H2,1-11H3,(H,24,27). The average Bonchev–Trinajstić information content (AvgIpc) is 2.83. The SMILES string of the molecule is CC(C)OC(=O)NC1CC2=C(C(C)(C)C)C(C(C)(C)C)N=C(C(C)(C)C)N2C1. The molecule has 160 valence electrons. The van der Waals surface area contributed by atoms with Gasteiger partial charge in [-0.1, -0.05) is 62.3 Å². The molecule has 5 nitrogen and oxygen atoms in total. The molecule has 0 aromatic carbocycles. The molecule has 2 heterocycles. The number of alkyl carbamates (subject to hydrolysis) is 1. The Hall–Kier alpha value is -1.52. The number of amides is 1. The number of hydrogen-bond donors (Lipinski definition) is 1. The normalized spacial score (nSPS) is 23.7. The van der Waals surface area contributed by atoms with Crippen LogP contribution in [0, 0.1) is 16.2 Å². The van der Waals surface area contributed by atoms with Crippen LogP contribution in [0.3, 0.4) is 0 Å². The molecule has 2 rings (SSSR count). The Morgan fingerprint density at radius 1 is 1.07 bits per heavy atom. The summed E-state index contributed by atoms with van der Waals surface area (Å²) in [6, 6.07) is 0.166. The Morgan fingerprint density at radius 3 is 2.07 bits per heavy atom. The van der Waals surface area contributed by atoms with Crippen LogP contribution in [0.4, 0.5) is 4.79 Å². The van der Waals surface area contributed by atoms with Crippen LogP contribution < -0.4 is 5.32 Å². The Labute approximate surface area is 172 Å². The third-order valence-electron chi connectivity index (χ3n) is 5.22. The van der Waals surface area contributed by atoms with Gasteiger partial charge in [0.1, 0.15) is 5.84 Å². The maximum Gasteiger partial charge on any atom is 0.407 e. The Bertz CT molecular complexity index is 669. The van der Waals surface area contributed by atoms with Crippen molar-refractivity contribution in [3.63, 3.8) is 0 Å². The van der Waals surface area contributed by atoms with Crippen molar-refractivity contribution in [2.75, 3.05) is 6.54 Å². The third kappa shape index (κ3) is 4.90. The largest absolute Gasteiger partial charge is 0.447 e. The molecule has 0 spiro atoms. The van der Waals surface area contributed by atoms with E-state index in [0.717, 1.165) is 18.8 Å². The molecule has 1 saturated heterocycles. The van der Waals surface area contributed by atoms with Gasteiger partial charge in [-0.2, -0.15) is 0 Å². The van der Waals surface area contributed by atoms with E-state index in [1.54, 1.807) is 0 Å². The van der Waals surface area contributed by atoms with Crippen molar-refractivity contribution >= 4 is 11.9 Å². The molecule has 2 unspecified atom stereocenters. The number of amidine groups is 1. The number of nitrogens with zero attached hydrogens (tertiary/aromatic N) is 2.